The molecule has 1 rings (SSSR count). The Kier molecular flexibility index (Phi) is 1.62. The predicted molar refractivity (Wildman–Crippen MR) is 38.6 cm³/mol. The number of aliphatic hydroxyl groups excluding tert-OH is 1. The summed E-state index contributed by atoms with van der Waals surface area (Å²) in [5.41, 5.74) is 0.757. The van der Waals surface area contributed by atoms with E-state index < -0.39 is 0 Å². The molecule has 0 aromatic carbocycles. The average Bonchev–Trinajstić information content (AvgIpc) is 1.93. The molecule has 0 aliphatic heterocycles. The second kappa shape index (κ2) is 2.29. The molecule has 1 N–H and O–H groups in total. The van der Waals surface area contributed by atoms with Crippen molar-refractivity contribution in [2.24, 2.45) is 5.92 Å². The van der Waals surface area contributed by atoms with Crippen molar-refractivity contribution in [2.45, 2.75) is 13.8 Å². The van der Waals surface area contributed by atoms with Gasteiger partial charge in [0.05, 0.1) is 0 Å². The Morgan fingerprint density at radius 2 is 2.10 bits per heavy atom. The van der Waals surface area contributed by atoms with Crippen LogP contribution in [0.5, 0.6) is 0 Å². The van der Waals surface area contributed by atoms with Gasteiger partial charge in [-0.1, -0.05) is 6.92 Å². The minimum absolute atomic E-state index is 0.0651. The van der Waals surface area contributed by atoms with Crippen LogP contribution in [-0.2, 0) is 4.79 Å². The second-order valence-corrected chi connectivity index (χ2v) is 2.53. The molecule has 1 unspecified atom stereocenters. The molecule has 0 saturated carbocycles. The first kappa shape index (κ1) is 7.06. The number of hydrogen-bond acceptors (Lipinski definition) is 2. The third-order valence-electron chi connectivity index (χ3n) is 1.89. The van der Waals surface area contributed by atoms with Gasteiger partial charge in [0.25, 0.3) is 0 Å². The Bertz CT molecular complexity index is 223. The van der Waals surface area contributed by atoms with Gasteiger partial charge in [0.2, 0.25) is 0 Å². The predicted octanol–water partition coefficient (Wildman–Crippen LogP) is 1.59. The number of ketones is 1. The van der Waals surface area contributed by atoms with E-state index in [1.165, 1.54) is 12.2 Å². The Morgan fingerprint density at radius 1 is 1.50 bits per heavy atom. The van der Waals surface area contributed by atoms with Crippen molar-refractivity contribution in [1.29, 1.82) is 0 Å². The average molecular weight is 138 g/mol. The minimum Gasteiger partial charge on any atom is -0.508 e. The molecule has 2 heteroatoms. The van der Waals surface area contributed by atoms with Crippen LogP contribution in [0.2, 0.25) is 0 Å². The van der Waals surface area contributed by atoms with Crippen LogP contribution in [-0.4, -0.2) is 10.9 Å². The van der Waals surface area contributed by atoms with Crippen molar-refractivity contribution < 1.29 is 9.90 Å². The van der Waals surface area contributed by atoms with Crippen LogP contribution in [0.25, 0.3) is 0 Å². The topological polar surface area (TPSA) is 37.3 Å². The molecule has 0 spiro atoms. The number of aliphatic hydroxyl groups is 1. The zero-order chi connectivity index (χ0) is 7.72. The van der Waals surface area contributed by atoms with Crippen LogP contribution >= 0.6 is 0 Å². The molecule has 0 radical (unpaired) electrons. The zero-order valence-corrected chi connectivity index (χ0v) is 6.09. The third kappa shape index (κ3) is 0.967. The summed E-state index contributed by atoms with van der Waals surface area (Å²) in [6.45, 7) is 3.55. The lowest BCUT2D eigenvalue weighted by Gasteiger charge is -2.13. The van der Waals surface area contributed by atoms with Crippen LogP contribution in [0.15, 0.2) is 23.5 Å². The van der Waals surface area contributed by atoms with Crippen LogP contribution in [0.1, 0.15) is 13.8 Å². The first-order valence-corrected chi connectivity index (χ1v) is 3.24. The molecule has 54 valence electrons. The van der Waals surface area contributed by atoms with Gasteiger partial charge < -0.3 is 5.11 Å². The highest BCUT2D eigenvalue weighted by molar-refractivity contribution is 5.95. The van der Waals surface area contributed by atoms with E-state index in [9.17, 15) is 4.79 Å². The fourth-order valence-electron chi connectivity index (χ4n) is 0.872. The summed E-state index contributed by atoms with van der Waals surface area (Å²) in [5.74, 6) is 0.146. The summed E-state index contributed by atoms with van der Waals surface area (Å²) in [6, 6.07) is 0. The van der Waals surface area contributed by atoms with E-state index in [2.05, 4.69) is 0 Å². The third-order valence-corrected chi connectivity index (χ3v) is 1.89. The molecule has 0 fully saturated rings. The first-order chi connectivity index (χ1) is 4.63. The standard InChI is InChI=1S/C8H10O2/c1-5-6(2)8(10)4-3-7(5)9/h3-5,10H,1-2H3. The van der Waals surface area contributed by atoms with Gasteiger partial charge in [-0.25, -0.2) is 0 Å². The highest BCUT2D eigenvalue weighted by Crippen LogP contribution is 2.19. The van der Waals surface area contributed by atoms with E-state index in [-0.39, 0.29) is 17.5 Å². The van der Waals surface area contributed by atoms with E-state index in [4.69, 9.17) is 5.11 Å². The largest absolute Gasteiger partial charge is 0.508 e. The number of carbonyl (C=O) groups is 1. The summed E-state index contributed by atoms with van der Waals surface area (Å²) >= 11 is 0. The van der Waals surface area contributed by atoms with Crippen LogP contribution in [0.3, 0.4) is 0 Å². The zero-order valence-electron chi connectivity index (χ0n) is 6.09. The van der Waals surface area contributed by atoms with Crippen LogP contribution < -0.4 is 0 Å². The lowest BCUT2D eigenvalue weighted by Crippen LogP contribution is -2.14. The highest BCUT2D eigenvalue weighted by Gasteiger charge is 2.18. The van der Waals surface area contributed by atoms with Crippen LogP contribution in [0.4, 0.5) is 0 Å². The Hall–Kier alpha value is -1.05. The highest BCUT2D eigenvalue weighted by atomic mass is 16.3. The second-order valence-electron chi connectivity index (χ2n) is 2.53. The van der Waals surface area contributed by atoms with Crippen molar-refractivity contribution in [3.63, 3.8) is 0 Å². The molecular weight excluding hydrogens is 128 g/mol. The molecule has 0 bridgehead atoms. The fraction of sp³-hybridized carbons (Fsp3) is 0.375. The van der Waals surface area contributed by atoms with Crippen LogP contribution in [0, 0.1) is 5.92 Å². The van der Waals surface area contributed by atoms with Gasteiger partial charge in [0.15, 0.2) is 5.78 Å². The van der Waals surface area contributed by atoms with Gasteiger partial charge in [-0.15, -0.1) is 0 Å². The van der Waals surface area contributed by atoms with Crippen molar-refractivity contribution in [3.05, 3.63) is 23.5 Å². The smallest absolute Gasteiger partial charge is 0.162 e. The van der Waals surface area contributed by atoms with Crippen molar-refractivity contribution in [3.8, 4) is 0 Å². The molecule has 0 aromatic heterocycles. The quantitative estimate of drug-likeness (QED) is 0.552. The van der Waals surface area contributed by atoms with Gasteiger partial charge in [0, 0.05) is 5.92 Å². The molecule has 10 heavy (non-hydrogen) atoms. The minimum atomic E-state index is -0.148. The molecule has 2 nitrogen and oxygen atoms in total. The maximum atomic E-state index is 10.9. The number of carbonyl (C=O) groups excluding carboxylic acids is 1. The maximum Gasteiger partial charge on any atom is 0.162 e. The SMILES string of the molecule is CC1=C(O)C=CC(=O)C1C. The van der Waals surface area contributed by atoms with E-state index in [1.807, 2.05) is 0 Å². The Balaban J connectivity index is 2.99. The number of rotatable bonds is 0. The molecule has 1 aliphatic rings. The summed E-state index contributed by atoms with van der Waals surface area (Å²) in [5, 5.41) is 9.11. The molecular formula is C8H10O2. The van der Waals surface area contributed by atoms with E-state index in [1.54, 1.807) is 13.8 Å². The fourth-order valence-corrected chi connectivity index (χ4v) is 0.872. The summed E-state index contributed by atoms with van der Waals surface area (Å²) in [6.07, 6.45) is 2.85. The molecule has 0 heterocycles. The Labute approximate surface area is 59.9 Å². The van der Waals surface area contributed by atoms with Gasteiger partial charge in [-0.2, -0.15) is 0 Å². The maximum absolute atomic E-state index is 10.9. The first-order valence-electron chi connectivity index (χ1n) is 3.24. The van der Waals surface area contributed by atoms with E-state index in [0.717, 1.165) is 5.57 Å². The molecule has 1 atom stereocenters. The lowest BCUT2D eigenvalue weighted by molar-refractivity contribution is -0.117. The number of hydrogen-bond donors (Lipinski definition) is 1. The summed E-state index contributed by atoms with van der Waals surface area (Å²) in [7, 11) is 0. The van der Waals surface area contributed by atoms with Gasteiger partial charge >= 0.3 is 0 Å². The van der Waals surface area contributed by atoms with Crippen molar-refractivity contribution in [2.75, 3.05) is 0 Å². The molecule has 0 aromatic rings. The number of allylic oxidation sites excluding steroid dienone is 3. The van der Waals surface area contributed by atoms with Gasteiger partial charge in [-0.3, -0.25) is 4.79 Å². The molecule has 0 saturated heterocycles. The Morgan fingerprint density at radius 3 is 2.60 bits per heavy atom. The summed E-state index contributed by atoms with van der Waals surface area (Å²) < 4.78 is 0. The van der Waals surface area contributed by atoms with Gasteiger partial charge in [0.1, 0.15) is 5.76 Å². The van der Waals surface area contributed by atoms with Gasteiger partial charge in [-0.05, 0) is 24.6 Å². The van der Waals surface area contributed by atoms with Crippen molar-refractivity contribution >= 4 is 5.78 Å². The monoisotopic (exact) mass is 138 g/mol. The van der Waals surface area contributed by atoms with Crippen molar-refractivity contribution in [1.82, 2.24) is 0 Å². The molecule has 0 amide bonds. The molecule has 1 aliphatic carbocycles. The normalized spacial score (nSPS) is 25.8. The summed E-state index contributed by atoms with van der Waals surface area (Å²) in [4.78, 5) is 10.9. The van der Waals surface area contributed by atoms with E-state index in [0.29, 0.717) is 0 Å². The lowest BCUT2D eigenvalue weighted by atomic mass is 9.92. The van der Waals surface area contributed by atoms with E-state index >= 15 is 0 Å².